The van der Waals surface area contributed by atoms with Gasteiger partial charge < -0.3 is 14.9 Å². The van der Waals surface area contributed by atoms with Crippen LogP contribution in [0.3, 0.4) is 0 Å². The Morgan fingerprint density at radius 1 is 1.33 bits per heavy atom. The predicted molar refractivity (Wildman–Crippen MR) is 66.4 cm³/mol. The van der Waals surface area contributed by atoms with Crippen molar-refractivity contribution in [3.63, 3.8) is 0 Å². The van der Waals surface area contributed by atoms with E-state index in [4.69, 9.17) is 9.84 Å². The molecule has 0 aromatic rings. The molecule has 2 fully saturated rings. The molecule has 0 radical (unpaired) electrons. The standard InChI is InChI=1S/C13H23NO4/c1-13(18-7-12(16)17)8-14(9-13)10-5-3-2-4-6-11(10)15/h10-11,15H,2-9H2,1H3,(H,16,17). The van der Waals surface area contributed by atoms with Crippen molar-refractivity contribution in [2.24, 2.45) is 0 Å². The van der Waals surface area contributed by atoms with Gasteiger partial charge >= 0.3 is 5.97 Å². The largest absolute Gasteiger partial charge is 0.480 e. The van der Waals surface area contributed by atoms with Crippen LogP contribution in [0.15, 0.2) is 0 Å². The molecule has 1 saturated heterocycles. The van der Waals surface area contributed by atoms with Crippen molar-refractivity contribution in [2.45, 2.75) is 56.8 Å². The van der Waals surface area contributed by atoms with Gasteiger partial charge in [-0.25, -0.2) is 4.79 Å². The van der Waals surface area contributed by atoms with Crippen molar-refractivity contribution in [3.05, 3.63) is 0 Å². The van der Waals surface area contributed by atoms with E-state index in [-0.39, 0.29) is 24.4 Å². The van der Waals surface area contributed by atoms with Crippen LogP contribution >= 0.6 is 0 Å². The summed E-state index contributed by atoms with van der Waals surface area (Å²) in [5.41, 5.74) is -0.357. The highest BCUT2D eigenvalue weighted by Crippen LogP contribution is 2.32. The van der Waals surface area contributed by atoms with Crippen LogP contribution < -0.4 is 0 Å². The molecule has 2 atom stereocenters. The van der Waals surface area contributed by atoms with Gasteiger partial charge in [-0.2, -0.15) is 0 Å². The van der Waals surface area contributed by atoms with Crippen LogP contribution in [-0.4, -0.2) is 58.5 Å². The Hall–Kier alpha value is -0.650. The quantitative estimate of drug-likeness (QED) is 0.731. The summed E-state index contributed by atoms with van der Waals surface area (Å²) < 4.78 is 5.39. The minimum atomic E-state index is -0.927. The summed E-state index contributed by atoms with van der Waals surface area (Å²) in [7, 11) is 0. The third-order valence-electron chi connectivity index (χ3n) is 4.03. The second-order valence-corrected chi connectivity index (χ2v) is 5.81. The number of aliphatic hydroxyl groups is 1. The molecule has 2 rings (SSSR count). The molecule has 2 aliphatic rings. The third kappa shape index (κ3) is 3.22. The summed E-state index contributed by atoms with van der Waals surface area (Å²) in [5.74, 6) is -0.927. The third-order valence-corrected chi connectivity index (χ3v) is 4.03. The Balaban J connectivity index is 1.81. The van der Waals surface area contributed by atoms with Crippen molar-refractivity contribution in [1.29, 1.82) is 0 Å². The van der Waals surface area contributed by atoms with Crippen LogP contribution in [0.5, 0.6) is 0 Å². The normalized spacial score (nSPS) is 32.6. The second kappa shape index (κ2) is 5.55. The van der Waals surface area contributed by atoms with E-state index in [0.717, 1.165) is 32.4 Å². The molecule has 0 amide bonds. The van der Waals surface area contributed by atoms with E-state index in [1.165, 1.54) is 12.8 Å². The van der Waals surface area contributed by atoms with Crippen molar-refractivity contribution < 1.29 is 19.7 Å². The molecule has 18 heavy (non-hydrogen) atoms. The smallest absolute Gasteiger partial charge is 0.329 e. The van der Waals surface area contributed by atoms with Crippen molar-refractivity contribution >= 4 is 5.97 Å². The van der Waals surface area contributed by atoms with Gasteiger partial charge in [0.15, 0.2) is 0 Å². The molecule has 1 aliphatic heterocycles. The van der Waals surface area contributed by atoms with Gasteiger partial charge in [-0.15, -0.1) is 0 Å². The lowest BCUT2D eigenvalue weighted by molar-refractivity contribution is -0.175. The van der Waals surface area contributed by atoms with Crippen LogP contribution in [0.4, 0.5) is 0 Å². The molecule has 0 bridgehead atoms. The number of hydrogen-bond donors (Lipinski definition) is 2. The van der Waals surface area contributed by atoms with Crippen molar-refractivity contribution in [3.8, 4) is 0 Å². The van der Waals surface area contributed by atoms with E-state index in [1.54, 1.807) is 0 Å². The van der Waals surface area contributed by atoms with Gasteiger partial charge in [0.1, 0.15) is 6.61 Å². The van der Waals surface area contributed by atoms with Crippen LogP contribution in [0.1, 0.15) is 39.0 Å². The average molecular weight is 257 g/mol. The Morgan fingerprint density at radius 2 is 2.00 bits per heavy atom. The number of carboxylic acids is 1. The van der Waals surface area contributed by atoms with Crippen LogP contribution in [0, 0.1) is 0 Å². The lowest BCUT2D eigenvalue weighted by Gasteiger charge is -2.51. The van der Waals surface area contributed by atoms with Gasteiger partial charge in [0, 0.05) is 19.1 Å². The van der Waals surface area contributed by atoms with Gasteiger partial charge in [0.2, 0.25) is 0 Å². The fraction of sp³-hybridized carbons (Fsp3) is 0.923. The lowest BCUT2D eigenvalue weighted by Crippen LogP contribution is -2.66. The van der Waals surface area contributed by atoms with E-state index >= 15 is 0 Å². The first kappa shape index (κ1) is 13.8. The first-order valence-corrected chi connectivity index (χ1v) is 6.78. The zero-order valence-electron chi connectivity index (χ0n) is 11.0. The molecule has 2 N–H and O–H groups in total. The summed E-state index contributed by atoms with van der Waals surface area (Å²) in [6, 6.07) is 0.231. The monoisotopic (exact) mass is 257 g/mol. The molecule has 1 aliphatic carbocycles. The Bertz CT molecular complexity index is 301. The van der Waals surface area contributed by atoms with E-state index in [2.05, 4.69) is 4.90 Å². The highest BCUT2D eigenvalue weighted by molar-refractivity contribution is 5.68. The maximum absolute atomic E-state index is 10.5. The number of aliphatic hydroxyl groups excluding tert-OH is 1. The number of likely N-dealkylation sites (tertiary alicyclic amines) is 1. The zero-order valence-corrected chi connectivity index (χ0v) is 11.0. The maximum atomic E-state index is 10.5. The van der Waals surface area contributed by atoms with E-state index < -0.39 is 5.97 Å². The van der Waals surface area contributed by atoms with Crippen LogP contribution in [-0.2, 0) is 9.53 Å². The molecule has 1 heterocycles. The topological polar surface area (TPSA) is 70.0 Å². The zero-order chi connectivity index (χ0) is 13.2. The minimum Gasteiger partial charge on any atom is -0.480 e. The molecular weight excluding hydrogens is 234 g/mol. The lowest BCUT2D eigenvalue weighted by atomic mass is 9.90. The van der Waals surface area contributed by atoms with Crippen LogP contribution in [0.25, 0.3) is 0 Å². The molecule has 104 valence electrons. The molecule has 0 aromatic carbocycles. The summed E-state index contributed by atoms with van der Waals surface area (Å²) in [6.45, 7) is 3.15. The highest BCUT2D eigenvalue weighted by atomic mass is 16.5. The first-order valence-electron chi connectivity index (χ1n) is 6.78. The van der Waals surface area contributed by atoms with Gasteiger partial charge in [-0.1, -0.05) is 19.3 Å². The minimum absolute atomic E-state index is 0.231. The number of rotatable bonds is 4. The molecule has 2 unspecified atom stereocenters. The van der Waals surface area contributed by atoms with Gasteiger partial charge in [0.25, 0.3) is 0 Å². The molecule has 5 nitrogen and oxygen atoms in total. The van der Waals surface area contributed by atoms with Crippen LogP contribution in [0.2, 0.25) is 0 Å². The highest BCUT2D eigenvalue weighted by Gasteiger charge is 2.44. The molecular formula is C13H23NO4. The van der Waals surface area contributed by atoms with Gasteiger partial charge in [-0.05, 0) is 19.8 Å². The summed E-state index contributed by atoms with van der Waals surface area (Å²) in [4.78, 5) is 12.7. The Labute approximate surface area is 108 Å². The summed E-state index contributed by atoms with van der Waals surface area (Å²) >= 11 is 0. The number of aliphatic carboxylic acids is 1. The van der Waals surface area contributed by atoms with E-state index in [9.17, 15) is 9.90 Å². The maximum Gasteiger partial charge on any atom is 0.329 e. The predicted octanol–water partition coefficient (Wildman–Crippen LogP) is 0.855. The number of carboxylic acid groups (broad SMARTS) is 1. The summed E-state index contributed by atoms with van der Waals surface area (Å²) in [6.07, 6.45) is 5.16. The van der Waals surface area contributed by atoms with Gasteiger partial charge in [0.05, 0.1) is 11.7 Å². The fourth-order valence-corrected chi connectivity index (χ4v) is 3.07. The Morgan fingerprint density at radius 3 is 2.67 bits per heavy atom. The second-order valence-electron chi connectivity index (χ2n) is 5.81. The van der Waals surface area contributed by atoms with E-state index in [0.29, 0.717) is 0 Å². The number of nitrogens with zero attached hydrogens (tertiary/aromatic N) is 1. The average Bonchev–Trinajstić information content (AvgIpc) is 2.47. The number of ether oxygens (including phenoxy) is 1. The fourth-order valence-electron chi connectivity index (χ4n) is 3.07. The van der Waals surface area contributed by atoms with E-state index in [1.807, 2.05) is 6.92 Å². The Kier molecular flexibility index (Phi) is 4.25. The molecule has 5 heteroatoms. The number of hydrogen-bond acceptors (Lipinski definition) is 4. The first-order chi connectivity index (χ1) is 8.50. The van der Waals surface area contributed by atoms with Gasteiger partial charge in [-0.3, -0.25) is 4.90 Å². The summed E-state index contributed by atoms with van der Waals surface area (Å²) in [5, 5.41) is 18.7. The van der Waals surface area contributed by atoms with Crippen molar-refractivity contribution in [1.82, 2.24) is 4.90 Å². The molecule has 1 saturated carbocycles. The molecule has 0 aromatic heterocycles. The molecule has 0 spiro atoms. The van der Waals surface area contributed by atoms with Crippen molar-refractivity contribution in [2.75, 3.05) is 19.7 Å². The number of carbonyl (C=O) groups is 1. The SMILES string of the molecule is CC1(OCC(=O)O)CN(C2CCCCCC2O)C1.